The number of carbonyl (C=O) groups is 2. The summed E-state index contributed by atoms with van der Waals surface area (Å²) in [4.78, 5) is 27.6. The summed E-state index contributed by atoms with van der Waals surface area (Å²) >= 11 is 6.24. The molecule has 0 aliphatic carbocycles. The summed E-state index contributed by atoms with van der Waals surface area (Å²) in [7, 11) is 4.50. The van der Waals surface area contributed by atoms with Crippen LogP contribution in [0.2, 0.25) is 0 Å². The van der Waals surface area contributed by atoms with E-state index in [0.717, 1.165) is 5.56 Å². The Bertz CT molecular complexity index is 1120. The van der Waals surface area contributed by atoms with E-state index < -0.39 is 0 Å². The SMILES string of the molecule is COc1cc(C(=O)N2CCOc3ccc(C=C4SC(=S)NC4=O)cc32)cc(OC)c1OC. The van der Waals surface area contributed by atoms with Gasteiger partial charge in [-0.15, -0.1) is 0 Å². The minimum absolute atomic E-state index is 0.237. The first-order chi connectivity index (χ1) is 15.4. The maximum absolute atomic E-state index is 13.5. The maximum Gasteiger partial charge on any atom is 0.263 e. The molecule has 0 atom stereocenters. The highest BCUT2D eigenvalue weighted by Crippen LogP contribution is 2.40. The number of benzene rings is 2. The lowest BCUT2D eigenvalue weighted by Gasteiger charge is -2.30. The van der Waals surface area contributed by atoms with Crippen molar-refractivity contribution in [3.63, 3.8) is 0 Å². The summed E-state index contributed by atoms with van der Waals surface area (Å²) < 4.78 is 22.3. The molecule has 1 saturated heterocycles. The number of rotatable bonds is 5. The standard InChI is InChI=1S/C22H20N2O6S2/c1-27-16-10-13(11-17(28-2)19(16)29-3)21(26)24-6-7-30-15-5-4-12(8-14(15)24)9-18-20(25)23-22(31)32-18/h4-5,8-11H,6-7H2,1-3H3,(H,23,25,31). The normalized spacial score (nSPS) is 16.3. The number of fused-ring (bicyclic) bond motifs is 1. The summed E-state index contributed by atoms with van der Waals surface area (Å²) in [5.41, 5.74) is 1.74. The Balaban J connectivity index is 1.71. The molecule has 0 unspecified atom stereocenters. The lowest BCUT2D eigenvalue weighted by molar-refractivity contribution is -0.115. The van der Waals surface area contributed by atoms with Gasteiger partial charge in [0.15, 0.2) is 11.5 Å². The molecule has 10 heteroatoms. The van der Waals surface area contributed by atoms with Gasteiger partial charge in [0.05, 0.1) is 38.5 Å². The molecule has 1 N–H and O–H groups in total. The molecule has 8 nitrogen and oxygen atoms in total. The van der Waals surface area contributed by atoms with E-state index >= 15 is 0 Å². The van der Waals surface area contributed by atoms with Gasteiger partial charge < -0.3 is 29.2 Å². The van der Waals surface area contributed by atoms with Crippen molar-refractivity contribution in [2.75, 3.05) is 39.4 Å². The molecule has 2 amide bonds. The molecule has 0 saturated carbocycles. The zero-order valence-electron chi connectivity index (χ0n) is 17.6. The third kappa shape index (κ3) is 4.11. The van der Waals surface area contributed by atoms with Gasteiger partial charge in [-0.1, -0.05) is 30.0 Å². The van der Waals surface area contributed by atoms with Crippen molar-refractivity contribution >= 4 is 51.9 Å². The molecule has 1 fully saturated rings. The number of ether oxygens (including phenoxy) is 4. The molecular weight excluding hydrogens is 452 g/mol. The van der Waals surface area contributed by atoms with Crippen molar-refractivity contribution in [2.24, 2.45) is 0 Å². The number of thiocarbonyl (C=S) groups is 1. The van der Waals surface area contributed by atoms with E-state index in [4.69, 9.17) is 31.2 Å². The smallest absolute Gasteiger partial charge is 0.263 e. The predicted molar refractivity (Wildman–Crippen MR) is 126 cm³/mol. The van der Waals surface area contributed by atoms with Crippen molar-refractivity contribution < 1.29 is 28.5 Å². The second-order valence-electron chi connectivity index (χ2n) is 6.80. The minimum atomic E-state index is -0.243. The Hall–Kier alpha value is -3.24. The van der Waals surface area contributed by atoms with E-state index in [9.17, 15) is 9.59 Å². The lowest BCUT2D eigenvalue weighted by Crippen LogP contribution is -2.38. The molecule has 2 aliphatic rings. The van der Waals surface area contributed by atoms with Crippen molar-refractivity contribution in [2.45, 2.75) is 0 Å². The molecule has 2 heterocycles. The molecule has 2 aliphatic heterocycles. The second kappa shape index (κ2) is 9.09. The van der Waals surface area contributed by atoms with Crippen LogP contribution in [0.15, 0.2) is 35.2 Å². The largest absolute Gasteiger partial charge is 0.493 e. The van der Waals surface area contributed by atoms with Crippen LogP contribution in [0, 0.1) is 0 Å². The predicted octanol–water partition coefficient (Wildman–Crippen LogP) is 3.24. The van der Waals surface area contributed by atoms with Crippen LogP contribution in [0.1, 0.15) is 15.9 Å². The Morgan fingerprint density at radius 3 is 2.47 bits per heavy atom. The Labute approximate surface area is 194 Å². The van der Waals surface area contributed by atoms with E-state index in [1.54, 1.807) is 29.2 Å². The topological polar surface area (TPSA) is 86.3 Å². The summed E-state index contributed by atoms with van der Waals surface area (Å²) in [5.74, 6) is 1.29. The van der Waals surface area contributed by atoms with Gasteiger partial charge in [0.1, 0.15) is 16.7 Å². The average Bonchev–Trinajstić information content (AvgIpc) is 3.13. The van der Waals surface area contributed by atoms with Crippen molar-refractivity contribution in [1.82, 2.24) is 5.32 Å². The van der Waals surface area contributed by atoms with Crippen molar-refractivity contribution in [3.05, 3.63) is 46.4 Å². The summed E-state index contributed by atoms with van der Waals surface area (Å²) in [6.45, 7) is 0.720. The van der Waals surface area contributed by atoms with Crippen LogP contribution in [0.3, 0.4) is 0 Å². The van der Waals surface area contributed by atoms with Crippen LogP contribution < -0.4 is 29.2 Å². The zero-order chi connectivity index (χ0) is 22.8. The number of methoxy groups -OCH3 is 3. The zero-order valence-corrected chi connectivity index (χ0v) is 19.2. The third-order valence-corrected chi connectivity index (χ3v) is 6.11. The molecule has 0 spiro atoms. The fourth-order valence-electron chi connectivity index (χ4n) is 3.47. The maximum atomic E-state index is 13.5. The fraction of sp³-hybridized carbons (Fsp3) is 0.227. The first-order valence-corrected chi connectivity index (χ1v) is 10.8. The van der Waals surface area contributed by atoms with Gasteiger partial charge in [-0.25, -0.2) is 0 Å². The van der Waals surface area contributed by atoms with Gasteiger partial charge >= 0.3 is 0 Å². The summed E-state index contributed by atoms with van der Waals surface area (Å²) in [6.07, 6.45) is 1.73. The Morgan fingerprint density at radius 2 is 1.88 bits per heavy atom. The number of anilines is 1. The quantitative estimate of drug-likeness (QED) is 0.524. The summed E-state index contributed by atoms with van der Waals surface area (Å²) in [6, 6.07) is 8.66. The van der Waals surface area contributed by atoms with Crippen molar-refractivity contribution in [1.29, 1.82) is 0 Å². The minimum Gasteiger partial charge on any atom is -0.493 e. The van der Waals surface area contributed by atoms with E-state index in [2.05, 4.69) is 5.32 Å². The number of nitrogens with one attached hydrogen (secondary N) is 1. The van der Waals surface area contributed by atoms with Crippen molar-refractivity contribution in [3.8, 4) is 23.0 Å². The molecule has 0 bridgehead atoms. The first kappa shape index (κ1) is 22.0. The molecule has 0 radical (unpaired) electrons. The fourth-order valence-corrected chi connectivity index (χ4v) is 4.51. The highest BCUT2D eigenvalue weighted by atomic mass is 32.2. The lowest BCUT2D eigenvalue weighted by atomic mass is 10.1. The van der Waals surface area contributed by atoms with Gasteiger partial charge in [0, 0.05) is 5.56 Å². The van der Waals surface area contributed by atoms with E-state index in [0.29, 0.717) is 56.6 Å². The number of amides is 2. The summed E-state index contributed by atoms with van der Waals surface area (Å²) in [5, 5.41) is 2.59. The molecule has 166 valence electrons. The molecule has 4 rings (SSSR count). The Morgan fingerprint density at radius 1 is 1.16 bits per heavy atom. The number of carbonyl (C=O) groups excluding carboxylic acids is 2. The second-order valence-corrected chi connectivity index (χ2v) is 8.52. The van der Waals surface area contributed by atoms with Crippen LogP contribution in [0.4, 0.5) is 5.69 Å². The molecule has 2 aromatic rings. The van der Waals surface area contributed by atoms with Gasteiger partial charge in [-0.3, -0.25) is 9.59 Å². The van der Waals surface area contributed by atoms with Crippen LogP contribution in [-0.4, -0.2) is 50.6 Å². The van der Waals surface area contributed by atoms with Crippen LogP contribution in [0.25, 0.3) is 6.08 Å². The monoisotopic (exact) mass is 472 g/mol. The van der Waals surface area contributed by atoms with Crippen LogP contribution >= 0.6 is 24.0 Å². The highest BCUT2D eigenvalue weighted by Gasteiger charge is 2.28. The number of nitrogens with zero attached hydrogens (tertiary/aromatic N) is 1. The average molecular weight is 473 g/mol. The van der Waals surface area contributed by atoms with E-state index in [1.807, 2.05) is 12.1 Å². The number of hydrogen-bond donors (Lipinski definition) is 1. The van der Waals surface area contributed by atoms with Crippen LogP contribution in [0.5, 0.6) is 23.0 Å². The third-order valence-electron chi connectivity index (χ3n) is 4.94. The molecule has 0 aromatic heterocycles. The molecular formula is C22H20N2O6S2. The highest BCUT2D eigenvalue weighted by molar-refractivity contribution is 8.26. The number of thioether (sulfide) groups is 1. The first-order valence-electron chi connectivity index (χ1n) is 9.58. The Kier molecular flexibility index (Phi) is 6.24. The van der Waals surface area contributed by atoms with Crippen LogP contribution in [-0.2, 0) is 4.79 Å². The van der Waals surface area contributed by atoms with Gasteiger partial charge in [-0.05, 0) is 35.9 Å². The van der Waals surface area contributed by atoms with Gasteiger partial charge in [0.25, 0.3) is 11.8 Å². The van der Waals surface area contributed by atoms with Gasteiger partial charge in [-0.2, -0.15) is 0 Å². The van der Waals surface area contributed by atoms with Gasteiger partial charge in [0.2, 0.25) is 5.75 Å². The van der Waals surface area contributed by atoms with E-state index in [-0.39, 0.29) is 11.8 Å². The number of hydrogen-bond acceptors (Lipinski definition) is 8. The molecule has 2 aromatic carbocycles. The van der Waals surface area contributed by atoms with E-state index in [1.165, 1.54) is 33.1 Å². The molecule has 32 heavy (non-hydrogen) atoms.